The predicted molar refractivity (Wildman–Crippen MR) is 73.1 cm³/mol. The third-order valence-electron chi connectivity index (χ3n) is 3.24. The van der Waals surface area contributed by atoms with E-state index in [1.54, 1.807) is 7.11 Å². The summed E-state index contributed by atoms with van der Waals surface area (Å²) >= 11 is 0. The Morgan fingerprint density at radius 2 is 2.11 bits per heavy atom. The van der Waals surface area contributed by atoms with Gasteiger partial charge in [0.2, 0.25) is 0 Å². The maximum atomic E-state index is 11.5. The number of rotatable bonds is 10. The first-order valence-corrected chi connectivity index (χ1v) is 7.28. The number of nitrogens with one attached hydrogen (secondary N) is 1. The van der Waals surface area contributed by atoms with E-state index in [1.807, 2.05) is 0 Å². The second kappa shape index (κ2) is 11.2. The molecule has 5 heteroatoms. The van der Waals surface area contributed by atoms with Crippen LogP contribution in [0.5, 0.6) is 0 Å². The molecule has 0 amide bonds. The highest BCUT2D eigenvalue weighted by Crippen LogP contribution is 2.12. The van der Waals surface area contributed by atoms with Crippen molar-refractivity contribution in [1.29, 1.82) is 0 Å². The van der Waals surface area contributed by atoms with Gasteiger partial charge in [-0.1, -0.05) is 6.42 Å². The van der Waals surface area contributed by atoms with Crippen molar-refractivity contribution in [3.05, 3.63) is 0 Å². The summed E-state index contributed by atoms with van der Waals surface area (Å²) in [6.45, 7) is 3.34. The number of hydrogen-bond donors (Lipinski definition) is 1. The SMILES string of the molecule is COCCOCCCOC(=O)CCC1CCCCN1. The van der Waals surface area contributed by atoms with Gasteiger partial charge in [-0.05, 0) is 25.8 Å². The van der Waals surface area contributed by atoms with E-state index in [0.717, 1.165) is 19.4 Å². The van der Waals surface area contributed by atoms with Gasteiger partial charge in [0, 0.05) is 32.6 Å². The Morgan fingerprint density at radius 1 is 1.21 bits per heavy atom. The third kappa shape index (κ3) is 8.97. The van der Waals surface area contributed by atoms with Gasteiger partial charge in [-0.3, -0.25) is 4.79 Å². The lowest BCUT2D eigenvalue weighted by Crippen LogP contribution is -2.34. The average Bonchev–Trinajstić information content (AvgIpc) is 2.45. The molecular weight excluding hydrogens is 246 g/mol. The van der Waals surface area contributed by atoms with Gasteiger partial charge in [0.05, 0.1) is 19.8 Å². The molecule has 0 radical (unpaired) electrons. The highest BCUT2D eigenvalue weighted by molar-refractivity contribution is 5.69. The maximum Gasteiger partial charge on any atom is 0.305 e. The van der Waals surface area contributed by atoms with Crippen LogP contribution in [0.2, 0.25) is 0 Å². The van der Waals surface area contributed by atoms with E-state index >= 15 is 0 Å². The van der Waals surface area contributed by atoms with Crippen molar-refractivity contribution >= 4 is 5.97 Å². The molecule has 0 aromatic heterocycles. The molecule has 1 saturated heterocycles. The van der Waals surface area contributed by atoms with E-state index in [0.29, 0.717) is 38.9 Å². The van der Waals surface area contributed by atoms with Crippen LogP contribution in [-0.4, -0.2) is 52.1 Å². The topological polar surface area (TPSA) is 56.8 Å². The van der Waals surface area contributed by atoms with Gasteiger partial charge in [-0.25, -0.2) is 0 Å². The van der Waals surface area contributed by atoms with E-state index in [-0.39, 0.29) is 5.97 Å². The molecular formula is C14H27NO4. The van der Waals surface area contributed by atoms with E-state index in [9.17, 15) is 4.79 Å². The molecule has 19 heavy (non-hydrogen) atoms. The van der Waals surface area contributed by atoms with Crippen LogP contribution in [0, 0.1) is 0 Å². The van der Waals surface area contributed by atoms with Crippen molar-refractivity contribution in [1.82, 2.24) is 5.32 Å². The molecule has 1 atom stereocenters. The lowest BCUT2D eigenvalue weighted by atomic mass is 10.0. The van der Waals surface area contributed by atoms with Crippen LogP contribution in [0.25, 0.3) is 0 Å². The number of piperidine rings is 1. The van der Waals surface area contributed by atoms with Gasteiger partial charge < -0.3 is 19.5 Å². The quantitative estimate of drug-likeness (QED) is 0.483. The Bertz CT molecular complexity index is 229. The Kier molecular flexibility index (Phi) is 9.67. The van der Waals surface area contributed by atoms with E-state index in [2.05, 4.69) is 5.32 Å². The molecule has 1 unspecified atom stereocenters. The molecule has 0 aliphatic carbocycles. The van der Waals surface area contributed by atoms with Gasteiger partial charge in [-0.15, -0.1) is 0 Å². The van der Waals surface area contributed by atoms with Gasteiger partial charge in [0.25, 0.3) is 0 Å². The molecule has 0 aromatic rings. The van der Waals surface area contributed by atoms with Gasteiger partial charge >= 0.3 is 5.97 Å². The zero-order chi connectivity index (χ0) is 13.8. The maximum absolute atomic E-state index is 11.5. The molecule has 1 aliphatic rings. The lowest BCUT2D eigenvalue weighted by Gasteiger charge is -2.22. The Labute approximate surface area is 116 Å². The standard InChI is InChI=1S/C14H27NO4/c1-17-11-12-18-9-4-10-19-14(16)7-6-13-5-2-3-8-15-13/h13,15H,2-12H2,1H3. The van der Waals surface area contributed by atoms with E-state index in [1.165, 1.54) is 19.3 Å². The van der Waals surface area contributed by atoms with Crippen LogP contribution >= 0.6 is 0 Å². The molecule has 5 nitrogen and oxygen atoms in total. The first-order chi connectivity index (χ1) is 9.33. The number of hydrogen-bond acceptors (Lipinski definition) is 5. The second-order valence-electron chi connectivity index (χ2n) is 4.86. The summed E-state index contributed by atoms with van der Waals surface area (Å²) in [5.74, 6) is -0.0933. The van der Waals surface area contributed by atoms with Gasteiger partial charge in [0.1, 0.15) is 0 Å². The van der Waals surface area contributed by atoms with Gasteiger partial charge in [-0.2, -0.15) is 0 Å². The highest BCUT2D eigenvalue weighted by atomic mass is 16.5. The third-order valence-corrected chi connectivity index (χ3v) is 3.24. The Hall–Kier alpha value is -0.650. The minimum Gasteiger partial charge on any atom is -0.466 e. The van der Waals surface area contributed by atoms with E-state index < -0.39 is 0 Å². The summed E-state index contributed by atoms with van der Waals surface area (Å²) in [7, 11) is 1.65. The summed E-state index contributed by atoms with van der Waals surface area (Å²) in [5, 5.41) is 3.43. The summed E-state index contributed by atoms with van der Waals surface area (Å²) in [6.07, 6.45) is 5.86. The number of carbonyl (C=O) groups is 1. The summed E-state index contributed by atoms with van der Waals surface area (Å²) in [5.41, 5.74) is 0. The van der Waals surface area contributed by atoms with Crippen LogP contribution in [0.3, 0.4) is 0 Å². The largest absolute Gasteiger partial charge is 0.466 e. The second-order valence-corrected chi connectivity index (χ2v) is 4.86. The van der Waals surface area contributed by atoms with Crippen molar-refractivity contribution in [3.8, 4) is 0 Å². The summed E-state index contributed by atoms with van der Waals surface area (Å²) < 4.78 is 15.3. The van der Waals surface area contributed by atoms with Crippen molar-refractivity contribution in [2.75, 3.05) is 40.1 Å². The predicted octanol–water partition coefficient (Wildman–Crippen LogP) is 1.50. The summed E-state index contributed by atoms with van der Waals surface area (Å²) in [6, 6.07) is 0.499. The fraction of sp³-hybridized carbons (Fsp3) is 0.929. The number of ether oxygens (including phenoxy) is 3. The minimum absolute atomic E-state index is 0.0933. The fourth-order valence-corrected chi connectivity index (χ4v) is 2.13. The number of carbonyl (C=O) groups excluding carboxylic acids is 1. The molecule has 1 aliphatic heterocycles. The van der Waals surface area contributed by atoms with E-state index in [4.69, 9.17) is 14.2 Å². The average molecular weight is 273 g/mol. The Balaban J connectivity index is 1.87. The molecule has 0 bridgehead atoms. The first kappa shape index (κ1) is 16.4. The molecule has 1 N–H and O–H groups in total. The fourth-order valence-electron chi connectivity index (χ4n) is 2.13. The molecule has 0 saturated carbocycles. The monoisotopic (exact) mass is 273 g/mol. The zero-order valence-electron chi connectivity index (χ0n) is 12.0. The Morgan fingerprint density at radius 3 is 2.84 bits per heavy atom. The normalized spacial score (nSPS) is 19.3. The van der Waals surface area contributed by atoms with Crippen molar-refractivity contribution in [2.24, 2.45) is 0 Å². The zero-order valence-corrected chi connectivity index (χ0v) is 12.0. The molecule has 1 rings (SSSR count). The number of methoxy groups -OCH3 is 1. The molecule has 0 spiro atoms. The molecule has 1 fully saturated rings. The van der Waals surface area contributed by atoms with Crippen molar-refractivity contribution in [3.63, 3.8) is 0 Å². The molecule has 112 valence electrons. The molecule has 1 heterocycles. The molecule has 0 aromatic carbocycles. The number of esters is 1. The van der Waals surface area contributed by atoms with Crippen molar-refractivity contribution < 1.29 is 19.0 Å². The smallest absolute Gasteiger partial charge is 0.305 e. The highest BCUT2D eigenvalue weighted by Gasteiger charge is 2.14. The minimum atomic E-state index is -0.0933. The summed E-state index contributed by atoms with van der Waals surface area (Å²) in [4.78, 5) is 11.5. The lowest BCUT2D eigenvalue weighted by molar-refractivity contribution is -0.144. The van der Waals surface area contributed by atoms with Crippen LogP contribution in [0.4, 0.5) is 0 Å². The van der Waals surface area contributed by atoms with Crippen LogP contribution in [0.1, 0.15) is 38.5 Å². The van der Waals surface area contributed by atoms with Crippen LogP contribution in [-0.2, 0) is 19.0 Å². The first-order valence-electron chi connectivity index (χ1n) is 7.28. The van der Waals surface area contributed by atoms with Crippen LogP contribution < -0.4 is 5.32 Å². The van der Waals surface area contributed by atoms with Crippen LogP contribution in [0.15, 0.2) is 0 Å². The van der Waals surface area contributed by atoms with Gasteiger partial charge in [0.15, 0.2) is 0 Å². The van der Waals surface area contributed by atoms with Crippen molar-refractivity contribution in [2.45, 2.75) is 44.6 Å².